The van der Waals surface area contributed by atoms with E-state index in [0.29, 0.717) is 18.0 Å². The lowest BCUT2D eigenvalue weighted by molar-refractivity contribution is 0.0898. The average molecular weight is 398 g/mol. The second-order valence-electron chi connectivity index (χ2n) is 6.90. The van der Waals surface area contributed by atoms with Gasteiger partial charge in [-0.3, -0.25) is 4.79 Å². The van der Waals surface area contributed by atoms with Gasteiger partial charge in [0.25, 0.3) is 15.9 Å². The highest BCUT2D eigenvalue weighted by atomic mass is 35.5. The lowest BCUT2D eigenvalue weighted by Crippen LogP contribution is -2.53. The number of carbonyl (C=O) groups excluding carboxylic acids is 1. The molecule has 1 aliphatic carbocycles. The van der Waals surface area contributed by atoms with Crippen LogP contribution in [0.4, 0.5) is 0 Å². The maximum absolute atomic E-state index is 12.7. The van der Waals surface area contributed by atoms with Crippen molar-refractivity contribution in [3.63, 3.8) is 0 Å². The number of benzene rings is 1. The fourth-order valence-electron chi connectivity index (χ4n) is 2.86. The molecule has 6 nitrogen and oxygen atoms in total. The number of nitrogens with one attached hydrogen (secondary N) is 1. The van der Waals surface area contributed by atoms with Crippen LogP contribution in [0.15, 0.2) is 47.6 Å². The van der Waals surface area contributed by atoms with Gasteiger partial charge in [0.05, 0.1) is 16.0 Å². The molecule has 8 heteroatoms. The third kappa shape index (κ3) is 3.95. The van der Waals surface area contributed by atoms with Crippen molar-refractivity contribution in [1.82, 2.24) is 9.29 Å². The van der Waals surface area contributed by atoms with Crippen molar-refractivity contribution >= 4 is 28.3 Å². The van der Waals surface area contributed by atoms with Crippen LogP contribution in [-0.4, -0.2) is 30.4 Å². The van der Waals surface area contributed by atoms with Gasteiger partial charge in [-0.25, -0.2) is 12.4 Å². The molecular weight excluding hydrogens is 374 g/mol. The molecule has 3 rings (SSSR count). The third-order valence-electron chi connectivity index (χ3n) is 4.83. The maximum atomic E-state index is 12.7. The molecule has 1 fully saturated rings. The molecule has 0 bridgehead atoms. The largest absolute Gasteiger partial charge is 0.345 e. The Labute approximate surface area is 160 Å². The predicted octanol–water partition coefficient (Wildman–Crippen LogP) is 2.31. The summed E-state index contributed by atoms with van der Waals surface area (Å²) in [5, 5.41) is 2.96. The van der Waals surface area contributed by atoms with Crippen LogP contribution in [-0.2, 0) is 10.0 Å². The lowest BCUT2D eigenvalue weighted by Gasteiger charge is -2.29. The molecule has 1 aliphatic rings. The van der Waals surface area contributed by atoms with Gasteiger partial charge in [-0.1, -0.05) is 17.7 Å². The Hall–Kier alpha value is -1.83. The van der Waals surface area contributed by atoms with Crippen LogP contribution in [0.1, 0.15) is 35.7 Å². The van der Waals surface area contributed by atoms with E-state index in [1.165, 1.54) is 18.5 Å². The Kier molecular flexibility index (Phi) is 5.85. The van der Waals surface area contributed by atoms with Crippen LogP contribution in [0.2, 0.25) is 0 Å². The number of aromatic nitrogens is 1. The zero-order valence-corrected chi connectivity index (χ0v) is 16.4. The van der Waals surface area contributed by atoms with Crippen LogP contribution >= 0.6 is 12.4 Å². The number of aryl methyl sites for hydroxylation is 1. The summed E-state index contributed by atoms with van der Waals surface area (Å²) in [5.41, 5.74) is 6.65. The van der Waals surface area contributed by atoms with E-state index in [1.807, 2.05) is 13.8 Å². The van der Waals surface area contributed by atoms with E-state index in [-0.39, 0.29) is 23.2 Å². The summed E-state index contributed by atoms with van der Waals surface area (Å²) < 4.78 is 26.4. The number of nitrogens with two attached hydrogens (primary N) is 1. The van der Waals surface area contributed by atoms with Crippen molar-refractivity contribution in [2.45, 2.75) is 37.1 Å². The van der Waals surface area contributed by atoms with Crippen LogP contribution in [0, 0.1) is 12.8 Å². The molecule has 1 saturated carbocycles. The molecule has 1 aromatic heterocycles. The molecule has 1 aromatic carbocycles. The first kappa shape index (κ1) is 20.5. The summed E-state index contributed by atoms with van der Waals surface area (Å²) >= 11 is 0. The maximum Gasteiger partial charge on any atom is 0.267 e. The van der Waals surface area contributed by atoms with Gasteiger partial charge in [0.15, 0.2) is 0 Å². The molecule has 1 heterocycles. The molecule has 0 aliphatic heterocycles. The molecule has 3 N–H and O–H groups in total. The summed E-state index contributed by atoms with van der Waals surface area (Å²) in [4.78, 5) is 12.7. The Balaban J connectivity index is 0.00000243. The molecular formula is C18H24ClN3O3S. The topological polar surface area (TPSA) is 94.2 Å². The summed E-state index contributed by atoms with van der Waals surface area (Å²) in [7, 11) is -3.71. The van der Waals surface area contributed by atoms with Gasteiger partial charge < -0.3 is 11.1 Å². The van der Waals surface area contributed by atoms with E-state index >= 15 is 0 Å². The number of halogens is 1. The first-order valence-corrected chi connectivity index (χ1v) is 9.73. The van der Waals surface area contributed by atoms with Gasteiger partial charge in [0.2, 0.25) is 0 Å². The zero-order chi connectivity index (χ0) is 18.2. The monoisotopic (exact) mass is 397 g/mol. The smallest absolute Gasteiger partial charge is 0.267 e. The van der Waals surface area contributed by atoms with Crippen LogP contribution in [0.25, 0.3) is 0 Å². The van der Waals surface area contributed by atoms with Crippen molar-refractivity contribution in [3.8, 4) is 0 Å². The fourth-order valence-corrected chi connectivity index (χ4v) is 4.06. The Morgan fingerprint density at radius 3 is 2.42 bits per heavy atom. The molecule has 2 aromatic rings. The highest BCUT2D eigenvalue weighted by molar-refractivity contribution is 7.90. The van der Waals surface area contributed by atoms with Crippen molar-refractivity contribution in [2.75, 3.05) is 6.54 Å². The van der Waals surface area contributed by atoms with Crippen molar-refractivity contribution < 1.29 is 13.2 Å². The third-order valence-corrected chi connectivity index (χ3v) is 6.48. The minimum atomic E-state index is -3.71. The molecule has 1 amide bonds. The summed E-state index contributed by atoms with van der Waals surface area (Å²) in [6, 6.07) is 8.11. The Bertz CT molecular complexity index is 889. The number of amides is 1. The minimum Gasteiger partial charge on any atom is -0.345 e. The van der Waals surface area contributed by atoms with Gasteiger partial charge >= 0.3 is 0 Å². The average Bonchev–Trinajstić information content (AvgIpc) is 3.32. The van der Waals surface area contributed by atoms with E-state index in [0.717, 1.165) is 22.4 Å². The first-order valence-electron chi connectivity index (χ1n) is 8.29. The zero-order valence-electron chi connectivity index (χ0n) is 14.8. The number of nitrogens with zero attached hydrogens (tertiary/aromatic N) is 1. The molecule has 26 heavy (non-hydrogen) atoms. The van der Waals surface area contributed by atoms with Gasteiger partial charge in [-0.05, 0) is 50.8 Å². The van der Waals surface area contributed by atoms with E-state index in [4.69, 9.17) is 5.73 Å². The molecule has 0 spiro atoms. The minimum absolute atomic E-state index is 0. The van der Waals surface area contributed by atoms with Crippen LogP contribution in [0.3, 0.4) is 0 Å². The second-order valence-corrected chi connectivity index (χ2v) is 8.74. The standard InChI is InChI=1S/C18H23N3O3S.ClH/c1-13-3-7-16(8-4-13)25(23,24)21-10-9-14(11-21)17(22)20-18(2,12-19)15-5-6-15;/h3-4,7-11,15H,5-6,12,19H2,1-2H3,(H,20,22);1H. The predicted molar refractivity (Wildman–Crippen MR) is 103 cm³/mol. The van der Waals surface area contributed by atoms with Gasteiger partial charge in [-0.15, -0.1) is 12.4 Å². The summed E-state index contributed by atoms with van der Waals surface area (Å²) in [5.74, 6) is 0.0810. The van der Waals surface area contributed by atoms with Crippen molar-refractivity contribution in [2.24, 2.45) is 11.7 Å². The molecule has 0 radical (unpaired) electrons. The van der Waals surface area contributed by atoms with E-state index in [9.17, 15) is 13.2 Å². The Morgan fingerprint density at radius 1 is 1.27 bits per heavy atom. The number of carbonyl (C=O) groups is 1. The van der Waals surface area contributed by atoms with Crippen LogP contribution < -0.4 is 11.1 Å². The Morgan fingerprint density at radius 2 is 1.88 bits per heavy atom. The molecule has 0 saturated heterocycles. The SMILES string of the molecule is Cc1ccc(S(=O)(=O)n2ccc(C(=O)NC(C)(CN)C3CC3)c2)cc1.Cl. The van der Waals surface area contributed by atoms with E-state index in [2.05, 4.69) is 5.32 Å². The highest BCUT2D eigenvalue weighted by Crippen LogP contribution is 2.39. The lowest BCUT2D eigenvalue weighted by atomic mass is 9.95. The number of rotatable bonds is 6. The summed E-state index contributed by atoms with van der Waals surface area (Å²) in [6.45, 7) is 4.18. The molecule has 142 valence electrons. The first-order chi connectivity index (χ1) is 11.8. The second kappa shape index (κ2) is 7.42. The van der Waals surface area contributed by atoms with Crippen LogP contribution in [0.5, 0.6) is 0 Å². The van der Waals surface area contributed by atoms with Crippen molar-refractivity contribution in [1.29, 1.82) is 0 Å². The van der Waals surface area contributed by atoms with Crippen molar-refractivity contribution in [3.05, 3.63) is 53.9 Å². The number of hydrogen-bond acceptors (Lipinski definition) is 4. The number of hydrogen-bond donors (Lipinski definition) is 2. The van der Waals surface area contributed by atoms with Gasteiger partial charge in [0, 0.05) is 18.9 Å². The molecule has 1 atom stereocenters. The highest BCUT2D eigenvalue weighted by Gasteiger charge is 2.41. The van der Waals surface area contributed by atoms with E-state index < -0.39 is 15.6 Å². The quantitative estimate of drug-likeness (QED) is 0.782. The summed E-state index contributed by atoms with van der Waals surface area (Å²) in [6.07, 6.45) is 4.84. The fraction of sp³-hybridized carbons (Fsp3) is 0.389. The molecule has 1 unspecified atom stereocenters. The van der Waals surface area contributed by atoms with Gasteiger partial charge in [-0.2, -0.15) is 0 Å². The van der Waals surface area contributed by atoms with E-state index in [1.54, 1.807) is 24.3 Å². The van der Waals surface area contributed by atoms with Gasteiger partial charge in [0.1, 0.15) is 0 Å². The normalized spacial score (nSPS) is 16.4.